The minimum absolute atomic E-state index is 0.0827. The van der Waals surface area contributed by atoms with Crippen molar-refractivity contribution in [3.8, 4) is 0 Å². The fraction of sp³-hybridized carbons (Fsp3) is 0.286. The largest absolute Gasteiger partial charge is 0.296 e. The second-order valence-corrected chi connectivity index (χ2v) is 3.33. The van der Waals surface area contributed by atoms with Crippen molar-refractivity contribution in [3.05, 3.63) is 23.8 Å². The normalized spacial score (nSPS) is 29.4. The molecule has 10 heavy (non-hydrogen) atoms. The predicted octanol–water partition coefficient (Wildman–Crippen LogP) is 1.02. The van der Waals surface area contributed by atoms with Gasteiger partial charge in [0.25, 0.3) is 5.91 Å². The molecule has 1 saturated heterocycles. The third kappa shape index (κ3) is 0.778. The van der Waals surface area contributed by atoms with Gasteiger partial charge in [0.15, 0.2) is 0 Å². The fourth-order valence-corrected chi connectivity index (χ4v) is 2.01. The molecule has 0 saturated carbocycles. The molecule has 1 aliphatic carbocycles. The standard InChI is InChI=1S/C7H7NOS/c9-7-5-3-1-2-4-6(5)10-8-7/h1-3,6H,4H2,(H,8,9). The summed E-state index contributed by atoms with van der Waals surface area (Å²) >= 11 is 1.52. The van der Waals surface area contributed by atoms with Crippen molar-refractivity contribution in [3.63, 3.8) is 0 Å². The van der Waals surface area contributed by atoms with E-state index in [2.05, 4.69) is 10.8 Å². The van der Waals surface area contributed by atoms with E-state index in [4.69, 9.17) is 0 Å². The molecule has 0 radical (unpaired) electrons. The van der Waals surface area contributed by atoms with Crippen molar-refractivity contribution in [2.24, 2.45) is 0 Å². The second kappa shape index (κ2) is 2.16. The average molecular weight is 153 g/mol. The zero-order chi connectivity index (χ0) is 6.97. The highest BCUT2D eigenvalue weighted by molar-refractivity contribution is 7.99. The molecule has 52 valence electrons. The van der Waals surface area contributed by atoms with E-state index in [1.54, 1.807) is 0 Å². The molecular formula is C7H7NOS. The Morgan fingerprint density at radius 3 is 3.40 bits per heavy atom. The van der Waals surface area contributed by atoms with E-state index in [1.807, 2.05) is 12.2 Å². The molecule has 2 nitrogen and oxygen atoms in total. The Morgan fingerprint density at radius 1 is 1.70 bits per heavy atom. The third-order valence-corrected chi connectivity index (χ3v) is 2.70. The van der Waals surface area contributed by atoms with Crippen LogP contribution in [0.1, 0.15) is 6.42 Å². The van der Waals surface area contributed by atoms with Crippen LogP contribution in [0.15, 0.2) is 23.8 Å². The number of allylic oxidation sites excluding steroid dienone is 3. The monoisotopic (exact) mass is 153 g/mol. The quantitative estimate of drug-likeness (QED) is 0.526. The van der Waals surface area contributed by atoms with Crippen LogP contribution < -0.4 is 4.72 Å². The Bertz CT molecular complexity index is 232. The van der Waals surface area contributed by atoms with Crippen LogP contribution in [0.5, 0.6) is 0 Å². The first-order chi connectivity index (χ1) is 4.88. The summed E-state index contributed by atoms with van der Waals surface area (Å²) in [6.45, 7) is 0. The van der Waals surface area contributed by atoms with Gasteiger partial charge in [-0.05, 0) is 18.4 Å². The van der Waals surface area contributed by atoms with Crippen LogP contribution in [0.25, 0.3) is 0 Å². The summed E-state index contributed by atoms with van der Waals surface area (Å²) in [5, 5.41) is 0.373. The molecule has 1 N–H and O–H groups in total. The number of carbonyl (C=O) groups is 1. The summed E-state index contributed by atoms with van der Waals surface area (Å²) < 4.78 is 2.73. The van der Waals surface area contributed by atoms with E-state index >= 15 is 0 Å². The van der Waals surface area contributed by atoms with E-state index in [0.717, 1.165) is 12.0 Å². The van der Waals surface area contributed by atoms with Gasteiger partial charge in [-0.3, -0.25) is 9.52 Å². The van der Waals surface area contributed by atoms with E-state index < -0.39 is 0 Å². The predicted molar refractivity (Wildman–Crippen MR) is 41.4 cm³/mol. The fourth-order valence-electron chi connectivity index (χ4n) is 1.13. The minimum Gasteiger partial charge on any atom is -0.296 e. The molecule has 1 fully saturated rings. The zero-order valence-corrected chi connectivity index (χ0v) is 6.15. The molecule has 2 rings (SSSR count). The number of hydrogen-bond acceptors (Lipinski definition) is 2. The Balaban J connectivity index is 2.33. The molecular weight excluding hydrogens is 146 g/mol. The lowest BCUT2D eigenvalue weighted by Gasteiger charge is -2.06. The van der Waals surface area contributed by atoms with Gasteiger partial charge in [0.05, 0.1) is 5.25 Å². The summed E-state index contributed by atoms with van der Waals surface area (Å²) in [7, 11) is 0. The summed E-state index contributed by atoms with van der Waals surface area (Å²) in [5.41, 5.74) is 0.924. The first kappa shape index (κ1) is 6.04. The summed E-state index contributed by atoms with van der Waals surface area (Å²) in [6.07, 6.45) is 6.90. The Labute approximate surface area is 63.5 Å². The van der Waals surface area contributed by atoms with Crippen molar-refractivity contribution < 1.29 is 4.79 Å². The summed E-state index contributed by atoms with van der Waals surface area (Å²) in [6, 6.07) is 0. The molecule has 1 heterocycles. The molecule has 2 aliphatic rings. The van der Waals surface area contributed by atoms with Gasteiger partial charge in [-0.25, -0.2) is 0 Å². The van der Waals surface area contributed by atoms with Gasteiger partial charge in [0, 0.05) is 5.57 Å². The number of fused-ring (bicyclic) bond motifs is 1. The number of hydrogen-bond donors (Lipinski definition) is 1. The van der Waals surface area contributed by atoms with Gasteiger partial charge in [-0.1, -0.05) is 18.2 Å². The lowest BCUT2D eigenvalue weighted by atomic mass is 10.0. The van der Waals surface area contributed by atoms with Gasteiger partial charge < -0.3 is 0 Å². The molecule has 1 aliphatic heterocycles. The molecule has 1 unspecified atom stereocenters. The molecule has 0 aromatic rings. The van der Waals surface area contributed by atoms with Crippen LogP contribution in [-0.2, 0) is 4.79 Å². The maximum Gasteiger partial charge on any atom is 0.258 e. The van der Waals surface area contributed by atoms with Gasteiger partial charge in [-0.2, -0.15) is 0 Å². The number of amides is 1. The van der Waals surface area contributed by atoms with Crippen LogP contribution in [0.4, 0.5) is 0 Å². The van der Waals surface area contributed by atoms with Crippen LogP contribution in [0, 0.1) is 0 Å². The number of rotatable bonds is 0. The van der Waals surface area contributed by atoms with Crippen molar-refractivity contribution in [1.82, 2.24) is 4.72 Å². The topological polar surface area (TPSA) is 29.1 Å². The first-order valence-corrected chi connectivity index (χ1v) is 4.08. The Kier molecular flexibility index (Phi) is 1.31. The SMILES string of the molecule is O=C1NSC2CC=CC=C12. The summed E-state index contributed by atoms with van der Waals surface area (Å²) in [5.74, 6) is 0.0827. The maximum atomic E-state index is 11.0. The molecule has 0 aromatic heterocycles. The first-order valence-electron chi connectivity index (χ1n) is 3.20. The van der Waals surface area contributed by atoms with Crippen LogP contribution in [0.3, 0.4) is 0 Å². The van der Waals surface area contributed by atoms with Crippen molar-refractivity contribution in [2.45, 2.75) is 11.7 Å². The van der Waals surface area contributed by atoms with Gasteiger partial charge in [0.2, 0.25) is 0 Å². The molecule has 1 amide bonds. The highest BCUT2D eigenvalue weighted by atomic mass is 32.2. The second-order valence-electron chi connectivity index (χ2n) is 2.32. The average Bonchev–Trinajstić information content (AvgIpc) is 2.34. The number of nitrogens with one attached hydrogen (secondary N) is 1. The molecule has 3 heteroatoms. The van der Waals surface area contributed by atoms with E-state index in [9.17, 15) is 4.79 Å². The van der Waals surface area contributed by atoms with Crippen molar-refractivity contribution >= 4 is 17.9 Å². The van der Waals surface area contributed by atoms with E-state index in [-0.39, 0.29) is 5.91 Å². The molecule has 1 atom stereocenters. The lowest BCUT2D eigenvalue weighted by Crippen LogP contribution is -2.11. The molecule has 0 spiro atoms. The molecule has 0 aromatic carbocycles. The molecule has 0 bridgehead atoms. The number of carbonyl (C=O) groups excluding carboxylic acids is 1. The van der Waals surface area contributed by atoms with Crippen molar-refractivity contribution in [1.29, 1.82) is 0 Å². The summed E-state index contributed by atoms with van der Waals surface area (Å²) in [4.78, 5) is 11.0. The minimum atomic E-state index is 0.0827. The van der Waals surface area contributed by atoms with Crippen molar-refractivity contribution in [2.75, 3.05) is 0 Å². The van der Waals surface area contributed by atoms with Crippen LogP contribution >= 0.6 is 11.9 Å². The third-order valence-electron chi connectivity index (χ3n) is 1.66. The van der Waals surface area contributed by atoms with Gasteiger partial charge in [0.1, 0.15) is 0 Å². The van der Waals surface area contributed by atoms with Crippen LogP contribution in [0.2, 0.25) is 0 Å². The Morgan fingerprint density at radius 2 is 2.60 bits per heavy atom. The van der Waals surface area contributed by atoms with Crippen LogP contribution in [-0.4, -0.2) is 11.2 Å². The van der Waals surface area contributed by atoms with E-state index in [1.165, 1.54) is 11.9 Å². The van der Waals surface area contributed by atoms with Gasteiger partial charge in [-0.15, -0.1) is 0 Å². The highest BCUT2D eigenvalue weighted by Crippen LogP contribution is 2.29. The van der Waals surface area contributed by atoms with E-state index in [0.29, 0.717) is 5.25 Å². The highest BCUT2D eigenvalue weighted by Gasteiger charge is 2.28. The lowest BCUT2D eigenvalue weighted by molar-refractivity contribution is -0.115. The maximum absolute atomic E-state index is 11.0. The Hall–Kier alpha value is -0.700. The van der Waals surface area contributed by atoms with Gasteiger partial charge >= 0.3 is 0 Å². The smallest absolute Gasteiger partial charge is 0.258 e. The zero-order valence-electron chi connectivity index (χ0n) is 5.33.